The van der Waals surface area contributed by atoms with Gasteiger partial charge in [0.25, 0.3) is 5.91 Å². The van der Waals surface area contributed by atoms with Crippen LogP contribution in [0.3, 0.4) is 0 Å². The van der Waals surface area contributed by atoms with E-state index in [9.17, 15) is 4.79 Å². The first-order valence-electron chi connectivity index (χ1n) is 12.8. The first kappa shape index (κ1) is 25.9. The third-order valence-electron chi connectivity index (χ3n) is 7.34. The molecule has 1 aliphatic heterocycles. The van der Waals surface area contributed by atoms with Gasteiger partial charge in [-0.15, -0.1) is 0 Å². The van der Waals surface area contributed by atoms with Crippen molar-refractivity contribution in [2.45, 2.75) is 32.2 Å². The normalized spacial score (nSPS) is 19.7. The summed E-state index contributed by atoms with van der Waals surface area (Å²) in [6, 6.07) is 22.4. The number of allylic oxidation sites excluding steroid dienone is 1. The summed E-state index contributed by atoms with van der Waals surface area (Å²) in [6.45, 7) is 1.74. The fraction of sp³-hybridized carbons (Fsp3) is 0.194. The number of rotatable bonds is 4. The van der Waals surface area contributed by atoms with E-state index in [1.165, 1.54) is 0 Å². The van der Waals surface area contributed by atoms with Gasteiger partial charge in [-0.1, -0.05) is 82.4 Å². The summed E-state index contributed by atoms with van der Waals surface area (Å²) in [7, 11) is 0. The predicted molar refractivity (Wildman–Crippen MR) is 156 cm³/mol. The number of halogens is 3. The van der Waals surface area contributed by atoms with Crippen LogP contribution in [0.2, 0.25) is 15.1 Å². The van der Waals surface area contributed by atoms with Crippen molar-refractivity contribution in [2.24, 2.45) is 11.0 Å². The standard InChI is InChI=1S/C31H24Cl3N3O2/c1-18-27(29(36-39-18)24-6-2-3-8-26(24)34)31(38)37-30(20-11-15-23(33)16-12-20)25-7-4-5-21(28(25)35-37)17-19-9-13-22(32)14-10-19/h2-3,6,8-17,25,30H,4-5,7H2,1H3/b21-17-/t25-,30+/m0/s1. The van der Waals surface area contributed by atoms with E-state index in [1.807, 2.05) is 66.7 Å². The molecular formula is C31H24Cl3N3O2. The lowest BCUT2D eigenvalue weighted by molar-refractivity contribution is 0.0679. The van der Waals surface area contributed by atoms with E-state index in [4.69, 9.17) is 44.4 Å². The van der Waals surface area contributed by atoms with Gasteiger partial charge in [0.05, 0.1) is 16.8 Å². The molecule has 39 heavy (non-hydrogen) atoms. The minimum Gasteiger partial charge on any atom is -0.360 e. The van der Waals surface area contributed by atoms with Crippen LogP contribution in [0.4, 0.5) is 0 Å². The number of hydrogen-bond donors (Lipinski definition) is 0. The van der Waals surface area contributed by atoms with Gasteiger partial charge in [0.2, 0.25) is 0 Å². The number of nitrogens with zero attached hydrogens (tertiary/aromatic N) is 3. The Hall–Kier alpha value is -3.38. The van der Waals surface area contributed by atoms with Gasteiger partial charge < -0.3 is 4.52 Å². The average molecular weight is 577 g/mol. The second-order valence-corrected chi connectivity index (χ2v) is 11.1. The Morgan fingerprint density at radius 3 is 2.38 bits per heavy atom. The maximum Gasteiger partial charge on any atom is 0.280 e. The molecule has 1 saturated carbocycles. The van der Waals surface area contributed by atoms with Crippen molar-refractivity contribution < 1.29 is 9.32 Å². The number of benzene rings is 3. The smallest absolute Gasteiger partial charge is 0.280 e. The summed E-state index contributed by atoms with van der Waals surface area (Å²) < 4.78 is 5.53. The molecule has 2 heterocycles. The van der Waals surface area contributed by atoms with E-state index >= 15 is 0 Å². The molecule has 4 aromatic rings. The fourth-order valence-corrected chi connectivity index (χ4v) is 5.97. The van der Waals surface area contributed by atoms with Gasteiger partial charge in [-0.05, 0) is 79.3 Å². The summed E-state index contributed by atoms with van der Waals surface area (Å²) in [5, 5.41) is 12.7. The van der Waals surface area contributed by atoms with Crippen LogP contribution in [0.15, 0.2) is 88.0 Å². The van der Waals surface area contributed by atoms with Gasteiger partial charge in [0, 0.05) is 21.5 Å². The number of hydrazone groups is 1. The second-order valence-electron chi connectivity index (χ2n) is 9.79. The van der Waals surface area contributed by atoms with Gasteiger partial charge in [-0.3, -0.25) is 4.79 Å². The fourth-order valence-electron chi connectivity index (χ4n) is 5.50. The molecule has 0 bridgehead atoms. The molecule has 2 aliphatic rings. The Morgan fingerprint density at radius 2 is 1.67 bits per heavy atom. The summed E-state index contributed by atoms with van der Waals surface area (Å²) >= 11 is 18.8. The number of carbonyl (C=O) groups is 1. The van der Waals surface area contributed by atoms with Crippen molar-refractivity contribution in [1.82, 2.24) is 10.2 Å². The maximum atomic E-state index is 14.3. The molecule has 1 fully saturated rings. The SMILES string of the molecule is Cc1onc(-c2ccccc2Cl)c1C(=O)N1N=C2/C(=C\c3ccc(Cl)cc3)CCC[C@@H]2[C@H]1c1ccc(Cl)cc1. The number of hydrogen-bond acceptors (Lipinski definition) is 4. The minimum absolute atomic E-state index is 0.0337. The van der Waals surface area contributed by atoms with Crippen molar-refractivity contribution in [2.75, 3.05) is 0 Å². The lowest BCUT2D eigenvalue weighted by Gasteiger charge is -2.29. The minimum atomic E-state index is -0.299. The highest BCUT2D eigenvalue weighted by molar-refractivity contribution is 6.33. The largest absolute Gasteiger partial charge is 0.360 e. The van der Waals surface area contributed by atoms with Crippen LogP contribution in [0, 0.1) is 12.8 Å². The summed E-state index contributed by atoms with van der Waals surface area (Å²) in [6.07, 6.45) is 4.93. The Bertz CT molecular complexity index is 1610. The van der Waals surface area contributed by atoms with E-state index in [2.05, 4.69) is 11.2 Å². The van der Waals surface area contributed by atoms with E-state index in [-0.39, 0.29) is 17.9 Å². The second kappa shape index (κ2) is 10.6. The zero-order chi connectivity index (χ0) is 27.1. The van der Waals surface area contributed by atoms with E-state index in [1.54, 1.807) is 18.0 Å². The molecule has 6 rings (SSSR count). The lowest BCUT2D eigenvalue weighted by Crippen LogP contribution is -2.32. The molecule has 0 N–H and O–H groups in total. The Kier molecular flexibility index (Phi) is 7.06. The van der Waals surface area contributed by atoms with Crippen LogP contribution in [0.5, 0.6) is 0 Å². The summed E-state index contributed by atoms with van der Waals surface area (Å²) in [4.78, 5) is 14.3. The van der Waals surface area contributed by atoms with Gasteiger partial charge in [0.1, 0.15) is 17.0 Å². The quantitative estimate of drug-likeness (QED) is 0.243. The molecule has 5 nitrogen and oxygen atoms in total. The van der Waals surface area contributed by atoms with E-state index in [0.29, 0.717) is 37.6 Å². The summed E-state index contributed by atoms with van der Waals surface area (Å²) in [5.74, 6) is 0.166. The molecule has 0 saturated heterocycles. The molecule has 1 amide bonds. The monoisotopic (exact) mass is 575 g/mol. The van der Waals surface area contributed by atoms with Crippen LogP contribution >= 0.6 is 34.8 Å². The molecule has 1 aromatic heterocycles. The van der Waals surface area contributed by atoms with Crippen LogP contribution < -0.4 is 0 Å². The van der Waals surface area contributed by atoms with E-state index in [0.717, 1.165) is 41.7 Å². The van der Waals surface area contributed by atoms with Gasteiger partial charge >= 0.3 is 0 Å². The maximum absolute atomic E-state index is 14.3. The molecule has 8 heteroatoms. The van der Waals surface area contributed by atoms with Crippen molar-refractivity contribution >= 4 is 52.5 Å². The predicted octanol–water partition coefficient (Wildman–Crippen LogP) is 9.05. The van der Waals surface area contributed by atoms with Gasteiger partial charge in [0.15, 0.2) is 0 Å². The molecule has 2 atom stereocenters. The van der Waals surface area contributed by atoms with Crippen LogP contribution in [-0.2, 0) is 0 Å². The van der Waals surface area contributed by atoms with Crippen LogP contribution in [0.25, 0.3) is 17.3 Å². The van der Waals surface area contributed by atoms with Crippen LogP contribution in [-0.4, -0.2) is 21.8 Å². The van der Waals surface area contributed by atoms with Crippen molar-refractivity contribution in [3.8, 4) is 11.3 Å². The van der Waals surface area contributed by atoms with Crippen LogP contribution in [0.1, 0.15) is 52.5 Å². The molecule has 3 aromatic carbocycles. The van der Waals surface area contributed by atoms with Gasteiger partial charge in [-0.2, -0.15) is 5.10 Å². The Balaban J connectivity index is 1.47. The lowest BCUT2D eigenvalue weighted by atomic mass is 9.77. The average Bonchev–Trinajstić information content (AvgIpc) is 3.52. The molecular weight excluding hydrogens is 553 g/mol. The molecule has 0 radical (unpaired) electrons. The number of aryl methyl sites for hydroxylation is 1. The molecule has 0 unspecified atom stereocenters. The highest BCUT2D eigenvalue weighted by Gasteiger charge is 2.45. The first-order valence-corrected chi connectivity index (χ1v) is 13.9. The Morgan fingerprint density at radius 1 is 0.974 bits per heavy atom. The zero-order valence-corrected chi connectivity index (χ0v) is 23.3. The molecule has 196 valence electrons. The topological polar surface area (TPSA) is 58.7 Å². The van der Waals surface area contributed by atoms with E-state index < -0.39 is 0 Å². The molecule has 1 aliphatic carbocycles. The number of aromatic nitrogens is 1. The number of carbonyl (C=O) groups excluding carboxylic acids is 1. The highest BCUT2D eigenvalue weighted by Crippen LogP contribution is 2.46. The van der Waals surface area contributed by atoms with Crippen molar-refractivity contribution in [3.63, 3.8) is 0 Å². The summed E-state index contributed by atoms with van der Waals surface area (Å²) in [5.41, 5.74) is 5.46. The molecule has 0 spiro atoms. The highest BCUT2D eigenvalue weighted by atomic mass is 35.5. The van der Waals surface area contributed by atoms with Gasteiger partial charge in [-0.25, -0.2) is 5.01 Å². The Labute approximate surface area is 241 Å². The third-order valence-corrected chi connectivity index (χ3v) is 8.17. The first-order chi connectivity index (χ1) is 18.9. The number of amides is 1. The number of fused-ring (bicyclic) bond motifs is 1. The van der Waals surface area contributed by atoms with Crippen molar-refractivity contribution in [3.05, 3.63) is 116 Å². The third kappa shape index (κ3) is 4.91. The van der Waals surface area contributed by atoms with Crippen molar-refractivity contribution in [1.29, 1.82) is 0 Å². The zero-order valence-electron chi connectivity index (χ0n) is 21.1.